The third kappa shape index (κ3) is 4.98. The summed E-state index contributed by atoms with van der Waals surface area (Å²) >= 11 is 0. The lowest BCUT2D eigenvalue weighted by molar-refractivity contribution is -0.223. The summed E-state index contributed by atoms with van der Waals surface area (Å²) in [6.07, 6.45) is 6.38. The van der Waals surface area contributed by atoms with E-state index in [0.717, 1.165) is 44.9 Å². The predicted molar refractivity (Wildman–Crippen MR) is 141 cm³/mol. The zero-order chi connectivity index (χ0) is 27.3. The molecule has 4 aliphatic carbocycles. The van der Waals surface area contributed by atoms with Gasteiger partial charge in [0.1, 0.15) is 6.04 Å². The molecule has 0 bridgehead atoms. The molecule has 212 valence electrons. The Bertz CT molecular complexity index is 850. The van der Waals surface area contributed by atoms with Crippen molar-refractivity contribution in [2.75, 3.05) is 0 Å². The van der Waals surface area contributed by atoms with Crippen molar-refractivity contribution in [3.63, 3.8) is 0 Å². The zero-order valence-corrected chi connectivity index (χ0v) is 23.5. The Morgan fingerprint density at radius 2 is 1.57 bits per heavy atom. The SMILES string of the molecule is CCC(C)[C@H](NC(=O)CC[C@@H](C)[C@H]1CC[C@H]2[C@@H]3[C@H](O)[C@@H](O)[C@@H]4C[C@H](O)CC[C@]4(C)[C@H]3CC[C@]12C)C(=O)O. The van der Waals surface area contributed by atoms with E-state index >= 15 is 0 Å². The van der Waals surface area contributed by atoms with Crippen molar-refractivity contribution < 1.29 is 30.0 Å². The molecule has 0 spiro atoms. The van der Waals surface area contributed by atoms with Crippen LogP contribution in [0.5, 0.6) is 0 Å². The van der Waals surface area contributed by atoms with Gasteiger partial charge in [0, 0.05) is 6.42 Å². The Labute approximate surface area is 222 Å². The van der Waals surface area contributed by atoms with Gasteiger partial charge in [-0.1, -0.05) is 41.0 Å². The molecule has 4 rings (SSSR count). The molecule has 4 saturated carbocycles. The quantitative estimate of drug-likeness (QED) is 0.329. The second-order valence-corrected chi connectivity index (χ2v) is 13.8. The monoisotopic (exact) mass is 521 g/mol. The number of hydrogen-bond acceptors (Lipinski definition) is 5. The van der Waals surface area contributed by atoms with Crippen LogP contribution in [0.15, 0.2) is 0 Å². The molecule has 7 nitrogen and oxygen atoms in total. The van der Waals surface area contributed by atoms with E-state index in [1.54, 1.807) is 0 Å². The molecule has 5 N–H and O–H groups in total. The Morgan fingerprint density at radius 1 is 0.919 bits per heavy atom. The van der Waals surface area contributed by atoms with Gasteiger partial charge in [-0.3, -0.25) is 4.79 Å². The third-order valence-electron chi connectivity index (χ3n) is 12.1. The van der Waals surface area contributed by atoms with E-state index in [2.05, 4.69) is 26.1 Å². The Kier molecular flexibility index (Phi) is 8.39. The van der Waals surface area contributed by atoms with Crippen LogP contribution in [0, 0.1) is 52.3 Å². The van der Waals surface area contributed by atoms with Gasteiger partial charge in [-0.05, 0) is 104 Å². The molecule has 0 aromatic rings. The molecule has 4 aliphatic rings. The first-order valence-electron chi connectivity index (χ1n) is 14.9. The number of carboxylic acid groups (broad SMARTS) is 1. The fourth-order valence-corrected chi connectivity index (χ4v) is 9.70. The van der Waals surface area contributed by atoms with E-state index < -0.39 is 24.2 Å². The summed E-state index contributed by atoms with van der Waals surface area (Å²) in [4.78, 5) is 24.3. The number of rotatable bonds is 8. The average Bonchev–Trinajstić information content (AvgIpc) is 3.21. The highest BCUT2D eigenvalue weighted by atomic mass is 16.4. The maximum atomic E-state index is 12.7. The second-order valence-electron chi connectivity index (χ2n) is 13.8. The predicted octanol–water partition coefficient (Wildman–Crippen LogP) is 3.98. The minimum absolute atomic E-state index is 0.0397. The largest absolute Gasteiger partial charge is 0.480 e. The molecule has 0 heterocycles. The highest BCUT2D eigenvalue weighted by Gasteiger charge is 2.65. The standard InChI is InChI=1S/C30H51NO6/c1-6-16(2)25(28(36)37)31-23(33)10-7-17(3)19-8-9-20-24-21(12-14-29(19,20)4)30(5)13-11-18(32)15-22(30)26(34)27(24)35/h16-22,24-27,32,34-35H,6-15H2,1-5H3,(H,31,33)(H,36,37)/t16?,17-,18-,19-,20+,21+,22+,24+,25+,26+,27+,29-,30-/m1/s1. The molecule has 4 fully saturated rings. The average molecular weight is 522 g/mol. The van der Waals surface area contributed by atoms with Gasteiger partial charge in [0.05, 0.1) is 18.3 Å². The van der Waals surface area contributed by atoms with Gasteiger partial charge in [0.25, 0.3) is 0 Å². The van der Waals surface area contributed by atoms with Crippen molar-refractivity contribution in [2.24, 2.45) is 52.3 Å². The number of aliphatic carboxylic acids is 1. The molecule has 1 unspecified atom stereocenters. The molecule has 0 aromatic carbocycles. The van der Waals surface area contributed by atoms with Crippen molar-refractivity contribution in [3.8, 4) is 0 Å². The molecule has 1 amide bonds. The Balaban J connectivity index is 1.43. The van der Waals surface area contributed by atoms with Gasteiger partial charge in [0.15, 0.2) is 0 Å². The molecule has 7 heteroatoms. The van der Waals surface area contributed by atoms with Crippen molar-refractivity contribution in [2.45, 2.75) is 123 Å². The van der Waals surface area contributed by atoms with Gasteiger partial charge >= 0.3 is 5.97 Å². The molecule has 37 heavy (non-hydrogen) atoms. The number of nitrogens with one attached hydrogen (secondary N) is 1. The Morgan fingerprint density at radius 3 is 2.22 bits per heavy atom. The van der Waals surface area contributed by atoms with Gasteiger partial charge in [-0.25, -0.2) is 4.79 Å². The zero-order valence-electron chi connectivity index (χ0n) is 23.5. The van der Waals surface area contributed by atoms with Crippen molar-refractivity contribution in [1.82, 2.24) is 5.32 Å². The van der Waals surface area contributed by atoms with E-state index in [0.29, 0.717) is 42.9 Å². The number of aliphatic hydroxyl groups excluding tert-OH is 3. The van der Waals surface area contributed by atoms with Gasteiger partial charge < -0.3 is 25.7 Å². The number of aliphatic hydroxyl groups is 3. The van der Waals surface area contributed by atoms with Crippen LogP contribution in [0.3, 0.4) is 0 Å². The molecular formula is C30H51NO6. The third-order valence-corrected chi connectivity index (χ3v) is 12.1. The number of amides is 1. The minimum Gasteiger partial charge on any atom is -0.480 e. The fourth-order valence-electron chi connectivity index (χ4n) is 9.70. The molecule has 0 saturated heterocycles. The summed E-state index contributed by atoms with van der Waals surface area (Å²) in [6.45, 7) is 10.7. The molecule has 0 radical (unpaired) electrons. The second kappa shape index (κ2) is 10.8. The lowest BCUT2D eigenvalue weighted by Gasteiger charge is -2.63. The van der Waals surface area contributed by atoms with Crippen molar-refractivity contribution >= 4 is 11.9 Å². The van der Waals surface area contributed by atoms with Crippen LogP contribution in [-0.4, -0.2) is 56.7 Å². The first-order valence-corrected chi connectivity index (χ1v) is 14.9. The van der Waals surface area contributed by atoms with Crippen molar-refractivity contribution in [1.29, 1.82) is 0 Å². The van der Waals surface area contributed by atoms with E-state index in [9.17, 15) is 30.0 Å². The highest BCUT2D eigenvalue weighted by molar-refractivity contribution is 5.83. The van der Waals surface area contributed by atoms with Crippen LogP contribution in [0.25, 0.3) is 0 Å². The van der Waals surface area contributed by atoms with Gasteiger partial charge in [0.2, 0.25) is 5.91 Å². The number of carbonyl (C=O) groups is 2. The lowest BCUT2D eigenvalue weighted by Crippen LogP contribution is -2.64. The van der Waals surface area contributed by atoms with Crippen LogP contribution < -0.4 is 5.32 Å². The van der Waals surface area contributed by atoms with E-state index in [4.69, 9.17) is 0 Å². The number of carboxylic acids is 1. The van der Waals surface area contributed by atoms with Crippen molar-refractivity contribution in [3.05, 3.63) is 0 Å². The Hall–Kier alpha value is -1.18. The maximum absolute atomic E-state index is 12.7. The molecular weight excluding hydrogens is 470 g/mol. The first-order chi connectivity index (χ1) is 17.3. The first kappa shape index (κ1) is 28.8. The number of carbonyl (C=O) groups excluding carboxylic acids is 1. The fraction of sp³-hybridized carbons (Fsp3) is 0.933. The van der Waals surface area contributed by atoms with Crippen LogP contribution in [0.4, 0.5) is 0 Å². The number of hydrogen-bond donors (Lipinski definition) is 5. The molecule has 0 aromatic heterocycles. The molecule has 13 atom stereocenters. The minimum atomic E-state index is -0.977. The summed E-state index contributed by atoms with van der Waals surface area (Å²) in [5, 5.41) is 45.2. The highest BCUT2D eigenvalue weighted by Crippen LogP contribution is 2.68. The topological polar surface area (TPSA) is 127 Å². The summed E-state index contributed by atoms with van der Waals surface area (Å²) in [7, 11) is 0. The number of fused-ring (bicyclic) bond motifs is 5. The van der Waals surface area contributed by atoms with Crippen LogP contribution in [0.1, 0.15) is 98.8 Å². The van der Waals surface area contributed by atoms with Gasteiger partial charge in [-0.2, -0.15) is 0 Å². The van der Waals surface area contributed by atoms with E-state index in [1.807, 2.05) is 13.8 Å². The maximum Gasteiger partial charge on any atom is 0.326 e. The van der Waals surface area contributed by atoms with E-state index in [1.165, 1.54) is 0 Å². The summed E-state index contributed by atoms with van der Waals surface area (Å²) in [5.74, 6) is 0.243. The normalized spacial score (nSPS) is 45.6. The molecule has 0 aliphatic heterocycles. The van der Waals surface area contributed by atoms with E-state index in [-0.39, 0.29) is 40.6 Å². The summed E-state index contributed by atoms with van der Waals surface area (Å²) < 4.78 is 0. The smallest absolute Gasteiger partial charge is 0.326 e. The lowest BCUT2D eigenvalue weighted by atomic mass is 9.43. The summed E-state index contributed by atoms with van der Waals surface area (Å²) in [6, 6.07) is -0.846. The van der Waals surface area contributed by atoms with Crippen LogP contribution in [-0.2, 0) is 9.59 Å². The summed E-state index contributed by atoms with van der Waals surface area (Å²) in [5.41, 5.74) is 0.0252. The van der Waals surface area contributed by atoms with Crippen LogP contribution in [0.2, 0.25) is 0 Å². The van der Waals surface area contributed by atoms with Crippen LogP contribution >= 0.6 is 0 Å². The van der Waals surface area contributed by atoms with Gasteiger partial charge in [-0.15, -0.1) is 0 Å².